The summed E-state index contributed by atoms with van der Waals surface area (Å²) >= 11 is 0. The molecule has 1 atom stereocenters. The first-order valence-electron chi connectivity index (χ1n) is 5.25. The van der Waals surface area contributed by atoms with Gasteiger partial charge in [-0.15, -0.1) is 0 Å². The molecule has 1 rings (SSSR count). The van der Waals surface area contributed by atoms with Gasteiger partial charge in [0.25, 0.3) is 5.69 Å². The Morgan fingerprint density at radius 3 is 2.68 bits per heavy atom. The molecule has 0 bridgehead atoms. The lowest BCUT2D eigenvalue weighted by Gasteiger charge is -2.19. The maximum absolute atomic E-state index is 13.5. The van der Waals surface area contributed by atoms with Gasteiger partial charge in [-0.05, 0) is 19.9 Å². The third kappa shape index (κ3) is 3.38. The summed E-state index contributed by atoms with van der Waals surface area (Å²) in [4.78, 5) is 20.6. The Morgan fingerprint density at radius 2 is 2.21 bits per heavy atom. The Balaban J connectivity index is 2.95. The molecule has 0 aliphatic carbocycles. The van der Waals surface area contributed by atoms with Crippen LogP contribution >= 0.6 is 0 Å². The van der Waals surface area contributed by atoms with Crippen molar-refractivity contribution in [2.24, 2.45) is 5.73 Å². The molecule has 0 aliphatic rings. The molecule has 0 heterocycles. The first kappa shape index (κ1) is 14.8. The summed E-state index contributed by atoms with van der Waals surface area (Å²) in [5.74, 6) is -2.52. The fourth-order valence-corrected chi connectivity index (χ4v) is 1.24. The van der Waals surface area contributed by atoms with Crippen molar-refractivity contribution in [3.63, 3.8) is 0 Å². The fourth-order valence-electron chi connectivity index (χ4n) is 1.24. The predicted octanol–water partition coefficient (Wildman–Crippen LogP) is 1.22. The number of nitro benzene ring substituents is 1. The zero-order valence-electron chi connectivity index (χ0n) is 10.3. The Hall–Kier alpha value is -2.22. The lowest BCUT2D eigenvalue weighted by molar-refractivity contribution is -0.385. The van der Waals surface area contributed by atoms with Crippen LogP contribution in [0.15, 0.2) is 12.1 Å². The summed E-state index contributed by atoms with van der Waals surface area (Å²) in [6.45, 7) is 2.17. The molecule has 0 aliphatic heterocycles. The lowest BCUT2D eigenvalue weighted by atomic mass is 10.1. The van der Waals surface area contributed by atoms with Crippen LogP contribution in [0.25, 0.3) is 0 Å². The molecular weight excluding hydrogens is 259 g/mol. The average molecular weight is 272 g/mol. The first-order chi connectivity index (χ1) is 8.65. The summed E-state index contributed by atoms with van der Waals surface area (Å²) < 4.78 is 18.5. The van der Waals surface area contributed by atoms with Crippen molar-refractivity contribution in [3.8, 4) is 5.75 Å². The highest BCUT2D eigenvalue weighted by atomic mass is 19.1. The quantitative estimate of drug-likeness (QED) is 0.615. The van der Waals surface area contributed by atoms with Gasteiger partial charge in [0.2, 0.25) is 0 Å². The number of nitrogens with two attached hydrogens (primary N) is 1. The van der Waals surface area contributed by atoms with E-state index >= 15 is 0 Å². The zero-order valence-corrected chi connectivity index (χ0v) is 10.3. The number of ether oxygens (including phenoxy) is 1. The van der Waals surface area contributed by atoms with Gasteiger partial charge in [0.1, 0.15) is 12.1 Å². The molecule has 3 N–H and O–H groups in total. The second kappa shape index (κ2) is 5.19. The van der Waals surface area contributed by atoms with E-state index < -0.39 is 28.9 Å². The number of rotatable bonds is 5. The monoisotopic (exact) mass is 272 g/mol. The number of halogens is 1. The van der Waals surface area contributed by atoms with Crippen molar-refractivity contribution in [1.29, 1.82) is 0 Å². The van der Waals surface area contributed by atoms with Crippen molar-refractivity contribution in [3.05, 3.63) is 33.6 Å². The van der Waals surface area contributed by atoms with Crippen molar-refractivity contribution >= 4 is 11.7 Å². The van der Waals surface area contributed by atoms with Gasteiger partial charge in [-0.2, -0.15) is 0 Å². The highest BCUT2D eigenvalue weighted by Gasteiger charge is 2.29. The molecule has 7 nitrogen and oxygen atoms in total. The summed E-state index contributed by atoms with van der Waals surface area (Å²) in [6.07, 6.45) is 0. The summed E-state index contributed by atoms with van der Waals surface area (Å²) in [5.41, 5.74) is 3.57. The first-order valence-corrected chi connectivity index (χ1v) is 5.25. The van der Waals surface area contributed by atoms with Crippen LogP contribution in [-0.2, 0) is 4.79 Å². The minimum atomic E-state index is -1.68. The SMILES string of the molecule is Cc1cc(OCC(C)(N)C(=O)O)c(F)cc1[N+](=O)[O-]. The zero-order chi connectivity index (χ0) is 14.8. The number of aliphatic carboxylic acids is 1. The molecule has 0 aromatic heterocycles. The number of carbonyl (C=O) groups is 1. The molecule has 0 radical (unpaired) electrons. The maximum Gasteiger partial charge on any atom is 0.326 e. The van der Waals surface area contributed by atoms with Gasteiger partial charge in [-0.25, -0.2) is 4.39 Å². The molecule has 1 aromatic rings. The van der Waals surface area contributed by atoms with Crippen LogP contribution in [0.1, 0.15) is 12.5 Å². The van der Waals surface area contributed by atoms with Gasteiger partial charge in [0.05, 0.1) is 11.0 Å². The second-order valence-electron chi connectivity index (χ2n) is 4.34. The van der Waals surface area contributed by atoms with Crippen LogP contribution in [0.4, 0.5) is 10.1 Å². The molecule has 19 heavy (non-hydrogen) atoms. The summed E-state index contributed by atoms with van der Waals surface area (Å²) in [5, 5.41) is 19.4. The van der Waals surface area contributed by atoms with E-state index in [1.807, 2.05) is 0 Å². The lowest BCUT2D eigenvalue weighted by Crippen LogP contribution is -2.50. The Labute approximate surface area is 107 Å². The molecule has 104 valence electrons. The number of carboxylic acid groups (broad SMARTS) is 1. The largest absolute Gasteiger partial charge is 0.488 e. The van der Waals surface area contributed by atoms with E-state index in [-0.39, 0.29) is 17.0 Å². The van der Waals surface area contributed by atoms with Gasteiger partial charge in [0, 0.05) is 5.56 Å². The molecule has 0 saturated heterocycles. The molecule has 0 saturated carbocycles. The highest BCUT2D eigenvalue weighted by Crippen LogP contribution is 2.27. The predicted molar refractivity (Wildman–Crippen MR) is 63.5 cm³/mol. The molecule has 1 unspecified atom stereocenters. The summed E-state index contributed by atoms with van der Waals surface area (Å²) in [6, 6.07) is 1.85. The molecule has 8 heteroatoms. The summed E-state index contributed by atoms with van der Waals surface area (Å²) in [7, 11) is 0. The fraction of sp³-hybridized carbons (Fsp3) is 0.364. The number of nitrogens with zero attached hydrogens (tertiary/aromatic N) is 1. The van der Waals surface area contributed by atoms with Gasteiger partial charge in [0.15, 0.2) is 11.6 Å². The van der Waals surface area contributed by atoms with Crippen LogP contribution < -0.4 is 10.5 Å². The minimum absolute atomic E-state index is 0.204. The van der Waals surface area contributed by atoms with Crippen LogP contribution in [0.5, 0.6) is 5.75 Å². The minimum Gasteiger partial charge on any atom is -0.488 e. The van der Waals surface area contributed by atoms with Crippen molar-refractivity contribution in [2.75, 3.05) is 6.61 Å². The highest BCUT2D eigenvalue weighted by molar-refractivity contribution is 5.78. The normalized spacial score (nSPS) is 13.7. The van der Waals surface area contributed by atoms with Gasteiger partial charge in [-0.1, -0.05) is 0 Å². The number of benzene rings is 1. The molecule has 0 amide bonds. The van der Waals surface area contributed by atoms with Crippen molar-refractivity contribution in [2.45, 2.75) is 19.4 Å². The van der Waals surface area contributed by atoms with Crippen molar-refractivity contribution in [1.82, 2.24) is 0 Å². The molecular formula is C11H13FN2O5. The molecule has 0 spiro atoms. The van der Waals surface area contributed by atoms with Gasteiger partial charge >= 0.3 is 5.97 Å². The van der Waals surface area contributed by atoms with E-state index in [0.717, 1.165) is 12.1 Å². The van der Waals surface area contributed by atoms with Crippen molar-refractivity contribution < 1.29 is 24.0 Å². The Bertz CT molecular complexity index is 530. The van der Waals surface area contributed by atoms with E-state index in [2.05, 4.69) is 0 Å². The number of hydrogen-bond acceptors (Lipinski definition) is 5. The molecule has 0 fully saturated rings. The number of nitro groups is 1. The standard InChI is InChI=1S/C11H13FN2O5/c1-6-3-9(7(12)4-8(6)14(17)18)19-5-11(2,13)10(15)16/h3-4H,5,13H2,1-2H3,(H,15,16). The van der Waals surface area contributed by atoms with E-state index in [1.54, 1.807) is 0 Å². The maximum atomic E-state index is 13.5. The Morgan fingerprint density at radius 1 is 1.63 bits per heavy atom. The topological polar surface area (TPSA) is 116 Å². The van der Waals surface area contributed by atoms with Gasteiger partial charge in [-0.3, -0.25) is 14.9 Å². The third-order valence-electron chi connectivity index (χ3n) is 2.46. The molecule has 1 aromatic carbocycles. The van der Waals surface area contributed by atoms with E-state index in [9.17, 15) is 19.3 Å². The van der Waals surface area contributed by atoms with Crippen LogP contribution in [0, 0.1) is 22.9 Å². The second-order valence-corrected chi connectivity index (χ2v) is 4.34. The van der Waals surface area contributed by atoms with Gasteiger partial charge < -0.3 is 15.6 Å². The van der Waals surface area contributed by atoms with Crippen LogP contribution in [-0.4, -0.2) is 28.1 Å². The number of aryl methyl sites for hydroxylation is 1. The van der Waals surface area contributed by atoms with Crippen LogP contribution in [0.3, 0.4) is 0 Å². The average Bonchev–Trinajstić information content (AvgIpc) is 2.29. The smallest absolute Gasteiger partial charge is 0.326 e. The van der Waals surface area contributed by atoms with Crippen LogP contribution in [0.2, 0.25) is 0 Å². The van der Waals surface area contributed by atoms with E-state index in [4.69, 9.17) is 15.6 Å². The van der Waals surface area contributed by atoms with E-state index in [1.165, 1.54) is 13.8 Å². The number of hydrogen-bond donors (Lipinski definition) is 2. The van der Waals surface area contributed by atoms with E-state index in [0.29, 0.717) is 0 Å². The Kier molecular flexibility index (Phi) is 4.05. The number of carboxylic acids is 1. The third-order valence-corrected chi connectivity index (χ3v) is 2.46.